The molecular formula is C11H20O. The molecule has 12 heavy (non-hydrogen) atoms. The summed E-state index contributed by atoms with van der Waals surface area (Å²) >= 11 is 0. The lowest BCUT2D eigenvalue weighted by Crippen LogP contribution is -1.89. The molecule has 0 heterocycles. The molecule has 0 unspecified atom stereocenters. The third kappa shape index (κ3) is 6.21. The van der Waals surface area contributed by atoms with Gasteiger partial charge in [-0.25, -0.2) is 0 Å². The van der Waals surface area contributed by atoms with Crippen molar-refractivity contribution in [2.24, 2.45) is 0 Å². The van der Waals surface area contributed by atoms with E-state index in [-0.39, 0.29) is 6.61 Å². The fourth-order valence-corrected chi connectivity index (χ4v) is 1.17. The van der Waals surface area contributed by atoms with Crippen LogP contribution in [0.1, 0.15) is 45.4 Å². The molecule has 0 aromatic rings. The van der Waals surface area contributed by atoms with Gasteiger partial charge in [-0.1, -0.05) is 39.2 Å². The van der Waals surface area contributed by atoms with Gasteiger partial charge in [0.2, 0.25) is 0 Å². The van der Waals surface area contributed by atoms with Crippen LogP contribution in [0, 0.1) is 0 Å². The number of rotatable bonds is 7. The summed E-state index contributed by atoms with van der Waals surface area (Å²) in [6.45, 7) is 5.86. The van der Waals surface area contributed by atoms with Gasteiger partial charge in [0.05, 0.1) is 6.61 Å². The Kier molecular flexibility index (Phi) is 8.20. The van der Waals surface area contributed by atoms with Crippen molar-refractivity contribution in [3.05, 3.63) is 17.9 Å². The minimum Gasteiger partial charge on any atom is -0.391 e. The number of aliphatic hydroxyl groups excluding tert-OH is 1. The van der Waals surface area contributed by atoms with Crippen LogP contribution in [0.5, 0.6) is 0 Å². The molecule has 0 aliphatic carbocycles. The van der Waals surface area contributed by atoms with Gasteiger partial charge in [-0.15, -0.1) is 5.73 Å². The molecule has 0 saturated carbocycles. The van der Waals surface area contributed by atoms with Gasteiger partial charge in [0.25, 0.3) is 0 Å². The van der Waals surface area contributed by atoms with Crippen LogP contribution in [-0.4, -0.2) is 11.7 Å². The number of aliphatic hydroxyl groups is 1. The molecule has 0 amide bonds. The van der Waals surface area contributed by atoms with E-state index >= 15 is 0 Å². The fraction of sp³-hybridized carbons (Fsp3) is 0.727. The van der Waals surface area contributed by atoms with Gasteiger partial charge in [0.15, 0.2) is 0 Å². The normalized spacial score (nSPS) is 9.50. The molecule has 1 heteroatoms. The predicted octanol–water partition coefficient (Wildman–Crippen LogP) is 3.05. The lowest BCUT2D eigenvalue weighted by molar-refractivity contribution is 0.325. The average molecular weight is 168 g/mol. The molecule has 0 aliphatic heterocycles. The van der Waals surface area contributed by atoms with Gasteiger partial charge < -0.3 is 5.11 Å². The smallest absolute Gasteiger partial charge is 0.0715 e. The average Bonchev–Trinajstić information content (AvgIpc) is 2.11. The summed E-state index contributed by atoms with van der Waals surface area (Å²) in [6, 6.07) is 0. The van der Waals surface area contributed by atoms with Crippen LogP contribution in [0.4, 0.5) is 0 Å². The lowest BCUT2D eigenvalue weighted by Gasteiger charge is -2.00. The topological polar surface area (TPSA) is 20.2 Å². The SMILES string of the molecule is C=C=C(CO)CCCCCCC. The second kappa shape index (κ2) is 8.58. The van der Waals surface area contributed by atoms with Crippen LogP contribution < -0.4 is 0 Å². The largest absolute Gasteiger partial charge is 0.391 e. The first-order valence-electron chi connectivity index (χ1n) is 4.83. The molecular weight excluding hydrogens is 148 g/mol. The highest BCUT2D eigenvalue weighted by molar-refractivity contribution is 4.98. The lowest BCUT2D eigenvalue weighted by atomic mass is 10.1. The first-order chi connectivity index (χ1) is 5.85. The summed E-state index contributed by atoms with van der Waals surface area (Å²) in [7, 11) is 0. The van der Waals surface area contributed by atoms with Crippen LogP contribution in [0.3, 0.4) is 0 Å². The summed E-state index contributed by atoms with van der Waals surface area (Å²) in [5.74, 6) is 0. The van der Waals surface area contributed by atoms with Crippen LogP contribution in [0.15, 0.2) is 17.9 Å². The van der Waals surface area contributed by atoms with Crippen LogP contribution in [0.25, 0.3) is 0 Å². The molecule has 0 radical (unpaired) electrons. The summed E-state index contributed by atoms with van der Waals surface area (Å²) in [5.41, 5.74) is 3.71. The predicted molar refractivity (Wildman–Crippen MR) is 53.1 cm³/mol. The van der Waals surface area contributed by atoms with Crippen LogP contribution in [0.2, 0.25) is 0 Å². The van der Waals surface area contributed by atoms with Crippen molar-refractivity contribution < 1.29 is 5.11 Å². The Hall–Kier alpha value is -0.520. The van der Waals surface area contributed by atoms with E-state index in [4.69, 9.17) is 5.11 Å². The van der Waals surface area contributed by atoms with Gasteiger partial charge >= 0.3 is 0 Å². The maximum atomic E-state index is 8.79. The van der Waals surface area contributed by atoms with E-state index in [1.54, 1.807) is 0 Å². The second-order valence-electron chi connectivity index (χ2n) is 3.10. The monoisotopic (exact) mass is 168 g/mol. The Morgan fingerprint density at radius 1 is 1.25 bits per heavy atom. The molecule has 0 aromatic carbocycles. The number of hydrogen-bond acceptors (Lipinski definition) is 1. The zero-order valence-electron chi connectivity index (χ0n) is 8.10. The summed E-state index contributed by atoms with van der Waals surface area (Å²) < 4.78 is 0. The first-order valence-corrected chi connectivity index (χ1v) is 4.83. The van der Waals surface area contributed by atoms with Gasteiger partial charge in [0.1, 0.15) is 0 Å². The Morgan fingerprint density at radius 2 is 1.92 bits per heavy atom. The molecule has 1 N–H and O–H groups in total. The zero-order valence-corrected chi connectivity index (χ0v) is 8.10. The van der Waals surface area contributed by atoms with Crippen molar-refractivity contribution in [2.75, 3.05) is 6.61 Å². The molecule has 0 aromatic heterocycles. The van der Waals surface area contributed by atoms with Crippen molar-refractivity contribution >= 4 is 0 Å². The van der Waals surface area contributed by atoms with E-state index in [9.17, 15) is 0 Å². The van der Waals surface area contributed by atoms with Gasteiger partial charge in [-0.05, 0) is 18.4 Å². The van der Waals surface area contributed by atoms with E-state index in [0.717, 1.165) is 12.0 Å². The fourth-order valence-electron chi connectivity index (χ4n) is 1.17. The maximum absolute atomic E-state index is 8.79. The highest BCUT2D eigenvalue weighted by Gasteiger charge is 1.93. The molecule has 0 aliphatic rings. The molecule has 0 fully saturated rings. The van der Waals surface area contributed by atoms with Gasteiger partial charge in [-0.2, -0.15) is 0 Å². The summed E-state index contributed by atoms with van der Waals surface area (Å²) in [4.78, 5) is 0. The van der Waals surface area contributed by atoms with Crippen molar-refractivity contribution in [3.8, 4) is 0 Å². The minimum absolute atomic E-state index is 0.122. The van der Waals surface area contributed by atoms with Crippen molar-refractivity contribution in [2.45, 2.75) is 45.4 Å². The Labute approximate surface area is 75.8 Å². The number of hydrogen-bond donors (Lipinski definition) is 1. The van der Waals surface area contributed by atoms with Crippen molar-refractivity contribution in [1.29, 1.82) is 0 Å². The highest BCUT2D eigenvalue weighted by atomic mass is 16.3. The van der Waals surface area contributed by atoms with Crippen LogP contribution >= 0.6 is 0 Å². The van der Waals surface area contributed by atoms with E-state index in [0.29, 0.717) is 0 Å². The van der Waals surface area contributed by atoms with Crippen molar-refractivity contribution in [3.63, 3.8) is 0 Å². The highest BCUT2D eigenvalue weighted by Crippen LogP contribution is 2.09. The molecule has 70 valence electrons. The Bertz CT molecular complexity index is 143. The molecule has 0 rings (SSSR count). The third-order valence-corrected chi connectivity index (χ3v) is 2.02. The minimum atomic E-state index is 0.122. The molecule has 0 bridgehead atoms. The van der Waals surface area contributed by atoms with E-state index in [1.165, 1.54) is 32.1 Å². The van der Waals surface area contributed by atoms with E-state index < -0.39 is 0 Å². The molecule has 1 nitrogen and oxygen atoms in total. The number of unbranched alkanes of at least 4 members (excludes halogenated alkanes) is 4. The van der Waals surface area contributed by atoms with Gasteiger partial charge in [0, 0.05) is 0 Å². The Morgan fingerprint density at radius 3 is 2.42 bits per heavy atom. The van der Waals surface area contributed by atoms with Crippen molar-refractivity contribution in [1.82, 2.24) is 0 Å². The van der Waals surface area contributed by atoms with Crippen LogP contribution in [-0.2, 0) is 0 Å². The third-order valence-electron chi connectivity index (χ3n) is 2.02. The molecule has 0 saturated heterocycles. The van der Waals surface area contributed by atoms with Gasteiger partial charge in [-0.3, -0.25) is 0 Å². The van der Waals surface area contributed by atoms with E-state index in [1.807, 2.05) is 0 Å². The maximum Gasteiger partial charge on any atom is 0.0715 e. The quantitative estimate of drug-likeness (QED) is 0.457. The molecule has 0 atom stereocenters. The summed E-state index contributed by atoms with van der Waals surface area (Å²) in [5, 5.41) is 8.79. The molecule has 0 spiro atoms. The van der Waals surface area contributed by atoms with E-state index in [2.05, 4.69) is 19.2 Å². The standard InChI is InChI=1S/C11H20O/c1-3-5-6-7-8-9-11(4-2)10-12/h12H,2-3,5-10H2,1H3. The Balaban J connectivity index is 3.24. The first kappa shape index (κ1) is 11.5. The second-order valence-corrected chi connectivity index (χ2v) is 3.10. The summed E-state index contributed by atoms with van der Waals surface area (Å²) in [6.07, 6.45) is 7.31. The zero-order chi connectivity index (χ0) is 9.23.